The number of piperidine rings is 1. The summed E-state index contributed by atoms with van der Waals surface area (Å²) in [7, 11) is 1.91. The molecule has 0 spiro atoms. The van der Waals surface area contributed by atoms with Crippen molar-refractivity contribution in [1.29, 1.82) is 0 Å². The Labute approximate surface area is 172 Å². The highest BCUT2D eigenvalue weighted by atomic mass is 35.5. The van der Waals surface area contributed by atoms with Gasteiger partial charge in [0, 0.05) is 23.7 Å². The van der Waals surface area contributed by atoms with Gasteiger partial charge in [-0.05, 0) is 49.7 Å². The topological polar surface area (TPSA) is 41.6 Å². The first-order valence-electron chi connectivity index (χ1n) is 9.05. The van der Waals surface area contributed by atoms with E-state index in [9.17, 15) is 4.79 Å². The maximum absolute atomic E-state index is 12.6. The van der Waals surface area contributed by atoms with Crippen molar-refractivity contribution in [2.45, 2.75) is 31.9 Å². The van der Waals surface area contributed by atoms with Crippen molar-refractivity contribution < 1.29 is 9.53 Å². The van der Waals surface area contributed by atoms with Crippen molar-refractivity contribution in [3.8, 4) is 5.75 Å². The van der Waals surface area contributed by atoms with Gasteiger partial charge in [0.25, 0.3) is 0 Å². The number of carbonyl (C=O) groups is 1. The first-order valence-corrected chi connectivity index (χ1v) is 9.43. The summed E-state index contributed by atoms with van der Waals surface area (Å²) < 4.78 is 5.85. The van der Waals surface area contributed by atoms with Gasteiger partial charge in [-0.1, -0.05) is 41.9 Å². The second-order valence-electron chi connectivity index (χ2n) is 6.69. The molecule has 3 rings (SSSR count). The SMILES string of the molecule is CN(C(=O)Cc1cccc(OCc2ccccc2Cl)c1)C1CCNCC1.Cl. The average Bonchev–Trinajstić information content (AvgIpc) is 2.68. The van der Waals surface area contributed by atoms with Crippen LogP contribution in [0.3, 0.4) is 0 Å². The summed E-state index contributed by atoms with van der Waals surface area (Å²) in [5, 5.41) is 4.03. The van der Waals surface area contributed by atoms with E-state index >= 15 is 0 Å². The molecule has 1 aliphatic heterocycles. The summed E-state index contributed by atoms with van der Waals surface area (Å²) in [6.07, 6.45) is 2.43. The van der Waals surface area contributed by atoms with Crippen LogP contribution in [-0.2, 0) is 17.8 Å². The van der Waals surface area contributed by atoms with Crippen molar-refractivity contribution in [2.24, 2.45) is 0 Å². The smallest absolute Gasteiger partial charge is 0.226 e. The molecule has 0 aliphatic carbocycles. The van der Waals surface area contributed by atoms with Crippen LogP contribution in [0.4, 0.5) is 0 Å². The molecule has 146 valence electrons. The molecule has 0 atom stereocenters. The Morgan fingerprint density at radius 3 is 2.67 bits per heavy atom. The Balaban J connectivity index is 0.00000261. The third kappa shape index (κ3) is 6.13. The van der Waals surface area contributed by atoms with Crippen LogP contribution in [0.15, 0.2) is 48.5 Å². The number of rotatable bonds is 6. The van der Waals surface area contributed by atoms with Crippen molar-refractivity contribution in [3.63, 3.8) is 0 Å². The summed E-state index contributed by atoms with van der Waals surface area (Å²) in [4.78, 5) is 14.5. The first kappa shape index (κ1) is 21.5. The van der Waals surface area contributed by atoms with E-state index < -0.39 is 0 Å². The van der Waals surface area contributed by atoms with Gasteiger partial charge in [0.05, 0.1) is 6.42 Å². The van der Waals surface area contributed by atoms with E-state index in [1.54, 1.807) is 0 Å². The molecule has 0 unspecified atom stereocenters. The fourth-order valence-electron chi connectivity index (χ4n) is 3.22. The number of amides is 1. The number of hydrogen-bond donors (Lipinski definition) is 1. The fourth-order valence-corrected chi connectivity index (χ4v) is 3.41. The third-order valence-electron chi connectivity index (χ3n) is 4.86. The summed E-state index contributed by atoms with van der Waals surface area (Å²) >= 11 is 6.16. The lowest BCUT2D eigenvalue weighted by Gasteiger charge is -2.31. The first-order chi connectivity index (χ1) is 12.6. The van der Waals surface area contributed by atoms with Gasteiger partial charge in [-0.2, -0.15) is 0 Å². The molecule has 1 fully saturated rings. The molecule has 0 bridgehead atoms. The number of halogens is 2. The minimum Gasteiger partial charge on any atom is -0.489 e. The quantitative estimate of drug-likeness (QED) is 0.782. The standard InChI is InChI=1S/C21H25ClN2O2.ClH/c1-24(18-9-11-23-12-10-18)21(25)14-16-5-4-7-19(13-16)26-15-17-6-2-3-8-20(17)22;/h2-8,13,18,23H,9-12,14-15H2,1H3;1H. The van der Waals surface area contributed by atoms with Gasteiger partial charge in [0.15, 0.2) is 0 Å². The third-order valence-corrected chi connectivity index (χ3v) is 5.22. The summed E-state index contributed by atoms with van der Waals surface area (Å²) in [5.74, 6) is 0.903. The lowest BCUT2D eigenvalue weighted by Crippen LogP contribution is -2.44. The van der Waals surface area contributed by atoms with Gasteiger partial charge in [0.2, 0.25) is 5.91 Å². The lowest BCUT2D eigenvalue weighted by molar-refractivity contribution is -0.131. The zero-order valence-corrected chi connectivity index (χ0v) is 17.1. The molecule has 6 heteroatoms. The highest BCUT2D eigenvalue weighted by molar-refractivity contribution is 6.31. The van der Waals surface area contributed by atoms with Crippen LogP contribution in [0, 0.1) is 0 Å². The van der Waals surface area contributed by atoms with Crippen LogP contribution in [0.25, 0.3) is 0 Å². The molecule has 1 saturated heterocycles. The molecule has 27 heavy (non-hydrogen) atoms. The summed E-state index contributed by atoms with van der Waals surface area (Å²) in [5.41, 5.74) is 1.91. The van der Waals surface area contributed by atoms with E-state index in [1.807, 2.05) is 60.5 Å². The lowest BCUT2D eigenvalue weighted by atomic mass is 10.0. The number of nitrogens with zero attached hydrogens (tertiary/aromatic N) is 1. The highest BCUT2D eigenvalue weighted by Crippen LogP contribution is 2.20. The Morgan fingerprint density at radius 2 is 1.93 bits per heavy atom. The maximum atomic E-state index is 12.6. The second-order valence-corrected chi connectivity index (χ2v) is 7.10. The van der Waals surface area contributed by atoms with Gasteiger partial charge in [-0.25, -0.2) is 0 Å². The van der Waals surface area contributed by atoms with Gasteiger partial charge < -0.3 is 15.0 Å². The minimum absolute atomic E-state index is 0. The predicted octanol–water partition coefficient (Wildman–Crippen LogP) is 4.09. The van der Waals surface area contributed by atoms with Crippen LogP contribution < -0.4 is 10.1 Å². The van der Waals surface area contributed by atoms with Crippen LogP contribution in [0.1, 0.15) is 24.0 Å². The predicted molar refractivity (Wildman–Crippen MR) is 112 cm³/mol. The molecule has 0 radical (unpaired) electrons. The van der Waals surface area contributed by atoms with Gasteiger partial charge in [0.1, 0.15) is 12.4 Å². The average molecular weight is 409 g/mol. The molecule has 4 nitrogen and oxygen atoms in total. The summed E-state index contributed by atoms with van der Waals surface area (Å²) in [6.45, 7) is 2.37. The van der Waals surface area contributed by atoms with Crippen molar-refractivity contribution >= 4 is 29.9 Å². The minimum atomic E-state index is 0. The molecule has 1 N–H and O–H groups in total. The van der Waals surface area contributed by atoms with Gasteiger partial charge in [-0.3, -0.25) is 4.79 Å². The largest absolute Gasteiger partial charge is 0.489 e. The second kappa shape index (κ2) is 10.5. The molecule has 0 saturated carbocycles. The number of ether oxygens (including phenoxy) is 1. The molecule has 1 amide bonds. The number of hydrogen-bond acceptors (Lipinski definition) is 3. The molecule has 1 aliphatic rings. The molecule has 1 heterocycles. The Kier molecular flexibility index (Phi) is 8.42. The zero-order chi connectivity index (χ0) is 18.4. The van der Waals surface area contributed by atoms with Crippen LogP contribution in [0.5, 0.6) is 5.75 Å². The van der Waals surface area contributed by atoms with Crippen molar-refractivity contribution in [2.75, 3.05) is 20.1 Å². The summed E-state index contributed by atoms with van der Waals surface area (Å²) in [6, 6.07) is 15.7. The van der Waals surface area contributed by atoms with E-state index in [4.69, 9.17) is 16.3 Å². The van der Waals surface area contributed by atoms with E-state index in [0.717, 1.165) is 42.8 Å². The van der Waals surface area contributed by atoms with E-state index in [-0.39, 0.29) is 18.3 Å². The Bertz CT molecular complexity index is 748. The van der Waals surface area contributed by atoms with Gasteiger partial charge >= 0.3 is 0 Å². The van der Waals surface area contributed by atoms with Crippen molar-refractivity contribution in [3.05, 3.63) is 64.7 Å². The van der Waals surface area contributed by atoms with E-state index in [1.165, 1.54) is 0 Å². The zero-order valence-electron chi connectivity index (χ0n) is 15.5. The monoisotopic (exact) mass is 408 g/mol. The fraction of sp³-hybridized carbons (Fsp3) is 0.381. The number of nitrogens with one attached hydrogen (secondary N) is 1. The Morgan fingerprint density at radius 1 is 1.19 bits per heavy atom. The van der Waals surface area contributed by atoms with Crippen LogP contribution >= 0.6 is 24.0 Å². The molecular formula is C21H26Cl2N2O2. The van der Waals surface area contributed by atoms with Gasteiger partial charge in [-0.15, -0.1) is 12.4 Å². The maximum Gasteiger partial charge on any atom is 0.226 e. The van der Waals surface area contributed by atoms with Crippen LogP contribution in [0.2, 0.25) is 5.02 Å². The molecule has 0 aromatic heterocycles. The number of benzene rings is 2. The number of carbonyl (C=O) groups excluding carboxylic acids is 1. The molecule has 2 aromatic rings. The normalized spacial score (nSPS) is 14.3. The Hall–Kier alpha value is -1.75. The van der Waals surface area contributed by atoms with E-state index in [2.05, 4.69) is 5.32 Å². The molecule has 2 aromatic carbocycles. The van der Waals surface area contributed by atoms with Crippen molar-refractivity contribution in [1.82, 2.24) is 10.2 Å². The highest BCUT2D eigenvalue weighted by Gasteiger charge is 2.21. The number of likely N-dealkylation sites (N-methyl/N-ethyl adjacent to an activating group) is 1. The van der Waals surface area contributed by atoms with Crippen LogP contribution in [-0.4, -0.2) is 37.0 Å². The van der Waals surface area contributed by atoms with E-state index in [0.29, 0.717) is 24.1 Å². The molecular weight excluding hydrogens is 383 g/mol.